The smallest absolute Gasteiger partial charge is 0.0718 e. The Kier molecular flexibility index (Phi) is 3.85. The molecule has 3 rings (SSSR count). The molecule has 0 saturated carbocycles. The summed E-state index contributed by atoms with van der Waals surface area (Å²) in [7, 11) is 0. The quantitative estimate of drug-likeness (QED) is 0.782. The average molecular weight is 285 g/mol. The summed E-state index contributed by atoms with van der Waals surface area (Å²) in [5.74, 6) is 0. The Morgan fingerprint density at radius 3 is 2.85 bits per heavy atom. The van der Waals surface area contributed by atoms with Gasteiger partial charge in [-0.25, -0.2) is 0 Å². The van der Waals surface area contributed by atoms with E-state index in [2.05, 4.69) is 52.7 Å². The molecule has 0 aliphatic heterocycles. The van der Waals surface area contributed by atoms with Crippen molar-refractivity contribution in [1.29, 1.82) is 0 Å². The second-order valence-corrected chi connectivity index (χ2v) is 5.86. The molecule has 1 aromatic carbocycles. The van der Waals surface area contributed by atoms with Gasteiger partial charge in [-0.2, -0.15) is 16.4 Å². The molecule has 1 unspecified atom stereocenters. The fourth-order valence-electron chi connectivity index (χ4n) is 2.62. The lowest BCUT2D eigenvalue weighted by Gasteiger charge is -2.08. The van der Waals surface area contributed by atoms with Crippen molar-refractivity contribution < 1.29 is 0 Å². The number of nitrogens with two attached hydrogens (primary N) is 1. The summed E-state index contributed by atoms with van der Waals surface area (Å²) in [6.07, 6.45) is 1.74. The Hall–Kier alpha value is -1.65. The molecule has 2 aromatic heterocycles. The first-order valence-electron chi connectivity index (χ1n) is 6.99. The number of fused-ring (bicyclic) bond motifs is 1. The van der Waals surface area contributed by atoms with E-state index in [-0.39, 0.29) is 6.04 Å². The number of hydrogen-bond donors (Lipinski definition) is 1. The van der Waals surface area contributed by atoms with Crippen LogP contribution in [0, 0.1) is 0 Å². The maximum atomic E-state index is 6.29. The van der Waals surface area contributed by atoms with Crippen LogP contribution in [0.25, 0.3) is 10.9 Å². The van der Waals surface area contributed by atoms with Gasteiger partial charge in [0.15, 0.2) is 0 Å². The van der Waals surface area contributed by atoms with E-state index in [0.29, 0.717) is 0 Å². The van der Waals surface area contributed by atoms with E-state index in [1.54, 1.807) is 11.3 Å². The molecule has 0 spiro atoms. The second-order valence-electron chi connectivity index (χ2n) is 5.08. The predicted octanol–water partition coefficient (Wildman–Crippen LogP) is 3.23. The number of benzene rings is 1. The lowest BCUT2D eigenvalue weighted by atomic mass is 10.0. The molecule has 0 saturated heterocycles. The van der Waals surface area contributed by atoms with Gasteiger partial charge in [-0.3, -0.25) is 4.68 Å². The van der Waals surface area contributed by atoms with Crippen LogP contribution in [0.2, 0.25) is 0 Å². The number of thiophene rings is 1. The van der Waals surface area contributed by atoms with Crippen LogP contribution in [0.15, 0.2) is 41.1 Å². The molecule has 0 aliphatic rings. The Morgan fingerprint density at radius 1 is 1.25 bits per heavy atom. The topological polar surface area (TPSA) is 43.8 Å². The van der Waals surface area contributed by atoms with Crippen molar-refractivity contribution in [2.75, 3.05) is 0 Å². The average Bonchev–Trinajstić information content (AvgIpc) is 3.07. The van der Waals surface area contributed by atoms with Gasteiger partial charge in [0.25, 0.3) is 0 Å². The van der Waals surface area contributed by atoms with Crippen LogP contribution in [0.5, 0.6) is 0 Å². The minimum absolute atomic E-state index is 0.119. The van der Waals surface area contributed by atoms with Gasteiger partial charge in [0.2, 0.25) is 0 Å². The fraction of sp³-hybridized carbons (Fsp3) is 0.312. The summed E-state index contributed by atoms with van der Waals surface area (Å²) < 4.78 is 2.06. The summed E-state index contributed by atoms with van der Waals surface area (Å²) in [5.41, 5.74) is 9.93. The van der Waals surface area contributed by atoms with Gasteiger partial charge in [0, 0.05) is 24.4 Å². The van der Waals surface area contributed by atoms with Crippen LogP contribution < -0.4 is 5.73 Å². The van der Waals surface area contributed by atoms with Crippen LogP contribution in [0.3, 0.4) is 0 Å². The zero-order valence-electron chi connectivity index (χ0n) is 11.6. The van der Waals surface area contributed by atoms with Gasteiger partial charge in [0.1, 0.15) is 0 Å². The molecular formula is C16H19N3S. The van der Waals surface area contributed by atoms with Crippen molar-refractivity contribution in [2.45, 2.75) is 32.4 Å². The maximum absolute atomic E-state index is 6.29. The molecule has 0 radical (unpaired) electrons. The monoisotopic (exact) mass is 285 g/mol. The van der Waals surface area contributed by atoms with E-state index in [9.17, 15) is 0 Å². The predicted molar refractivity (Wildman–Crippen MR) is 85.1 cm³/mol. The molecule has 4 heteroatoms. The molecule has 3 aromatic rings. The van der Waals surface area contributed by atoms with E-state index >= 15 is 0 Å². The van der Waals surface area contributed by atoms with Crippen LogP contribution in [-0.2, 0) is 19.4 Å². The Bertz CT molecular complexity index is 685. The zero-order chi connectivity index (χ0) is 13.9. The highest BCUT2D eigenvalue weighted by Crippen LogP contribution is 2.20. The number of hydrogen-bond acceptors (Lipinski definition) is 3. The lowest BCUT2D eigenvalue weighted by Crippen LogP contribution is -2.25. The molecule has 2 N–H and O–H groups in total. The van der Waals surface area contributed by atoms with Gasteiger partial charge in [-0.15, -0.1) is 0 Å². The number of para-hydroxylation sites is 1. The van der Waals surface area contributed by atoms with Crippen molar-refractivity contribution in [3.8, 4) is 0 Å². The number of aryl methyl sites for hydroxylation is 1. The first kappa shape index (κ1) is 13.3. The largest absolute Gasteiger partial charge is 0.327 e. The second kappa shape index (κ2) is 5.77. The molecule has 2 heterocycles. The summed E-state index contributed by atoms with van der Waals surface area (Å²) in [6, 6.07) is 10.7. The standard InChI is InChI=1S/C16H19N3S/c1-2-19-16-6-4-3-5-14(16)15(18-19)10-13(17)9-12-7-8-20-11-12/h3-8,11,13H,2,9-10,17H2,1H3. The van der Waals surface area contributed by atoms with Crippen molar-refractivity contribution in [1.82, 2.24) is 9.78 Å². The van der Waals surface area contributed by atoms with E-state index in [1.807, 2.05) is 0 Å². The molecule has 0 aliphatic carbocycles. The van der Waals surface area contributed by atoms with Gasteiger partial charge in [0.05, 0.1) is 11.2 Å². The molecule has 1 atom stereocenters. The molecule has 20 heavy (non-hydrogen) atoms. The first-order valence-corrected chi connectivity index (χ1v) is 7.93. The molecule has 3 nitrogen and oxygen atoms in total. The molecular weight excluding hydrogens is 266 g/mol. The fourth-order valence-corrected chi connectivity index (χ4v) is 3.30. The summed E-state index contributed by atoms with van der Waals surface area (Å²) in [4.78, 5) is 0. The van der Waals surface area contributed by atoms with Gasteiger partial charge < -0.3 is 5.73 Å². The van der Waals surface area contributed by atoms with Crippen LogP contribution in [0.1, 0.15) is 18.2 Å². The molecule has 0 fully saturated rings. The molecule has 0 amide bonds. The van der Waals surface area contributed by atoms with Crippen LogP contribution in [0.4, 0.5) is 0 Å². The Morgan fingerprint density at radius 2 is 2.10 bits per heavy atom. The van der Waals surface area contributed by atoms with Crippen LogP contribution in [-0.4, -0.2) is 15.8 Å². The third kappa shape index (κ3) is 2.62. The highest BCUT2D eigenvalue weighted by atomic mass is 32.1. The van der Waals surface area contributed by atoms with Crippen molar-refractivity contribution in [3.63, 3.8) is 0 Å². The molecule has 104 valence electrons. The van der Waals surface area contributed by atoms with Gasteiger partial charge in [-0.05, 0) is 41.8 Å². The highest BCUT2D eigenvalue weighted by molar-refractivity contribution is 7.07. The minimum Gasteiger partial charge on any atom is -0.327 e. The Balaban J connectivity index is 1.83. The maximum Gasteiger partial charge on any atom is 0.0718 e. The lowest BCUT2D eigenvalue weighted by molar-refractivity contribution is 0.622. The SMILES string of the molecule is CCn1nc(CC(N)Cc2ccsc2)c2ccccc21. The zero-order valence-corrected chi connectivity index (χ0v) is 12.4. The first-order chi connectivity index (χ1) is 9.78. The van der Waals surface area contributed by atoms with Crippen LogP contribution >= 0.6 is 11.3 Å². The summed E-state index contributed by atoms with van der Waals surface area (Å²) in [5, 5.41) is 10.2. The Labute approximate surface area is 123 Å². The normalized spacial score (nSPS) is 12.9. The van der Waals surface area contributed by atoms with Crippen molar-refractivity contribution in [2.24, 2.45) is 5.73 Å². The summed E-state index contributed by atoms with van der Waals surface area (Å²) in [6.45, 7) is 3.01. The van der Waals surface area contributed by atoms with Crippen molar-refractivity contribution >= 4 is 22.2 Å². The third-order valence-electron chi connectivity index (χ3n) is 3.57. The number of aromatic nitrogens is 2. The van der Waals surface area contributed by atoms with Crippen molar-refractivity contribution in [3.05, 3.63) is 52.3 Å². The summed E-state index contributed by atoms with van der Waals surface area (Å²) >= 11 is 1.72. The van der Waals surface area contributed by atoms with E-state index in [4.69, 9.17) is 10.8 Å². The third-order valence-corrected chi connectivity index (χ3v) is 4.30. The van der Waals surface area contributed by atoms with E-state index in [1.165, 1.54) is 16.5 Å². The minimum atomic E-state index is 0.119. The number of rotatable bonds is 5. The number of nitrogens with zero attached hydrogens (tertiary/aromatic N) is 2. The van der Waals surface area contributed by atoms with Gasteiger partial charge >= 0.3 is 0 Å². The van der Waals surface area contributed by atoms with E-state index in [0.717, 1.165) is 25.1 Å². The highest BCUT2D eigenvalue weighted by Gasteiger charge is 2.13. The van der Waals surface area contributed by atoms with Gasteiger partial charge in [-0.1, -0.05) is 18.2 Å². The molecule has 0 bridgehead atoms. The van der Waals surface area contributed by atoms with E-state index < -0.39 is 0 Å².